The fraction of sp³-hybridized carbons (Fsp3) is 0.467. The molecule has 0 bridgehead atoms. The second-order valence-electron chi connectivity index (χ2n) is 5.96. The zero-order valence-corrected chi connectivity index (χ0v) is 14.0. The van der Waals surface area contributed by atoms with Crippen LogP contribution in [0.1, 0.15) is 38.3 Å². The Labute approximate surface area is 127 Å². The highest BCUT2D eigenvalue weighted by Crippen LogP contribution is 2.40. The summed E-state index contributed by atoms with van der Waals surface area (Å²) < 4.78 is 16.5. The van der Waals surface area contributed by atoms with E-state index >= 15 is 0 Å². The van der Waals surface area contributed by atoms with Crippen LogP contribution in [0, 0.1) is 0 Å². The molecule has 0 fully saturated rings. The summed E-state index contributed by atoms with van der Waals surface area (Å²) in [6.45, 7) is 9.89. The highest BCUT2D eigenvalue weighted by Gasteiger charge is 2.42. The van der Waals surface area contributed by atoms with Crippen LogP contribution in [0.3, 0.4) is 0 Å². The van der Waals surface area contributed by atoms with E-state index in [1.807, 2.05) is 32.9 Å². The van der Waals surface area contributed by atoms with Crippen LogP contribution < -0.4 is 4.72 Å². The van der Waals surface area contributed by atoms with E-state index in [0.29, 0.717) is 0 Å². The molecule has 2 atom stereocenters. The van der Waals surface area contributed by atoms with Crippen molar-refractivity contribution in [2.75, 3.05) is 0 Å². The molecule has 1 N–H and O–H groups in total. The van der Waals surface area contributed by atoms with Gasteiger partial charge in [0.1, 0.15) is 10.3 Å². The SMILES string of the molecule is C=C[C@@]1(N[S+]([O-])C(C)(C)C)CCc2cc(Br)ccc21. The van der Waals surface area contributed by atoms with Gasteiger partial charge in [-0.25, -0.2) is 0 Å². The zero-order valence-electron chi connectivity index (χ0n) is 11.6. The second kappa shape index (κ2) is 5.24. The van der Waals surface area contributed by atoms with Gasteiger partial charge in [0.15, 0.2) is 0 Å². The van der Waals surface area contributed by atoms with Crippen LogP contribution >= 0.6 is 15.9 Å². The lowest BCUT2D eigenvalue weighted by Gasteiger charge is -2.33. The molecule has 0 radical (unpaired) electrons. The van der Waals surface area contributed by atoms with E-state index in [4.69, 9.17) is 0 Å². The van der Waals surface area contributed by atoms with Gasteiger partial charge in [-0.15, -0.1) is 11.3 Å². The molecule has 0 saturated carbocycles. The third kappa shape index (κ3) is 2.92. The average Bonchev–Trinajstić information content (AvgIpc) is 2.67. The molecule has 0 heterocycles. The Kier molecular flexibility index (Phi) is 4.17. The molecule has 104 valence electrons. The maximum atomic E-state index is 12.4. The maximum absolute atomic E-state index is 12.4. The maximum Gasteiger partial charge on any atom is 0.136 e. The van der Waals surface area contributed by atoms with Gasteiger partial charge in [0.25, 0.3) is 0 Å². The Bertz CT molecular complexity index is 497. The molecule has 0 spiro atoms. The lowest BCUT2D eigenvalue weighted by Crippen LogP contribution is -2.49. The molecule has 2 nitrogen and oxygen atoms in total. The fourth-order valence-electron chi connectivity index (χ4n) is 2.35. The van der Waals surface area contributed by atoms with Crippen molar-refractivity contribution in [3.8, 4) is 0 Å². The van der Waals surface area contributed by atoms with E-state index < -0.39 is 11.4 Å². The van der Waals surface area contributed by atoms with Crippen LogP contribution in [0.4, 0.5) is 0 Å². The highest BCUT2D eigenvalue weighted by atomic mass is 79.9. The van der Waals surface area contributed by atoms with E-state index in [2.05, 4.69) is 39.4 Å². The number of halogens is 1. The van der Waals surface area contributed by atoms with Crippen LogP contribution in [0.2, 0.25) is 0 Å². The summed E-state index contributed by atoms with van der Waals surface area (Å²) >= 11 is 2.39. The van der Waals surface area contributed by atoms with Crippen LogP contribution in [0.25, 0.3) is 0 Å². The van der Waals surface area contributed by atoms with Gasteiger partial charge in [0, 0.05) is 15.8 Å². The third-order valence-corrected chi connectivity index (χ3v) is 5.67. The predicted octanol–water partition coefficient (Wildman–Crippen LogP) is 3.83. The molecule has 1 aromatic carbocycles. The van der Waals surface area contributed by atoms with Crippen LogP contribution in [-0.4, -0.2) is 9.30 Å². The first kappa shape index (κ1) is 15.1. The Balaban J connectivity index is 2.35. The summed E-state index contributed by atoms with van der Waals surface area (Å²) in [5, 5.41) is 0. The highest BCUT2D eigenvalue weighted by molar-refractivity contribution is 9.10. The van der Waals surface area contributed by atoms with E-state index in [0.717, 1.165) is 17.3 Å². The predicted molar refractivity (Wildman–Crippen MR) is 85.4 cm³/mol. The largest absolute Gasteiger partial charge is 0.598 e. The third-order valence-electron chi connectivity index (χ3n) is 3.52. The molecule has 1 aromatic rings. The molecule has 19 heavy (non-hydrogen) atoms. The van der Waals surface area contributed by atoms with Gasteiger partial charge in [-0.2, -0.15) is 0 Å². The van der Waals surface area contributed by atoms with Crippen molar-refractivity contribution in [1.29, 1.82) is 0 Å². The van der Waals surface area contributed by atoms with Gasteiger partial charge in [0.05, 0.1) is 0 Å². The smallest absolute Gasteiger partial charge is 0.136 e. The normalized spacial score (nSPS) is 24.1. The molecule has 1 aliphatic carbocycles. The van der Waals surface area contributed by atoms with Crippen LogP contribution in [-0.2, 0) is 23.3 Å². The number of rotatable bonds is 3. The minimum atomic E-state index is -1.11. The van der Waals surface area contributed by atoms with E-state index in [1.165, 1.54) is 11.1 Å². The molecule has 1 aliphatic rings. The van der Waals surface area contributed by atoms with Gasteiger partial charge in [-0.1, -0.05) is 28.1 Å². The number of nitrogens with one attached hydrogen (secondary N) is 1. The van der Waals surface area contributed by atoms with Crippen molar-refractivity contribution >= 4 is 27.3 Å². The fourth-order valence-corrected chi connectivity index (χ4v) is 3.69. The summed E-state index contributed by atoms with van der Waals surface area (Å²) in [5.74, 6) is 0. The van der Waals surface area contributed by atoms with Gasteiger partial charge >= 0.3 is 0 Å². The van der Waals surface area contributed by atoms with Crippen molar-refractivity contribution in [1.82, 2.24) is 4.72 Å². The van der Waals surface area contributed by atoms with E-state index in [9.17, 15) is 4.55 Å². The molecule has 4 heteroatoms. The van der Waals surface area contributed by atoms with Crippen molar-refractivity contribution in [2.24, 2.45) is 0 Å². The molecule has 0 saturated heterocycles. The number of fused-ring (bicyclic) bond motifs is 1. The van der Waals surface area contributed by atoms with E-state index in [1.54, 1.807) is 0 Å². The Morgan fingerprint density at radius 1 is 1.47 bits per heavy atom. The first-order valence-electron chi connectivity index (χ1n) is 6.41. The standard InChI is InChI=1S/C15H20BrNOS/c1-5-15(17-19(18)14(2,3)4)9-8-11-10-12(16)6-7-13(11)15/h5-7,10,17H,1,8-9H2,2-4H3/t15-,19?/m1/s1. The summed E-state index contributed by atoms with van der Waals surface area (Å²) in [5.41, 5.74) is 2.13. The van der Waals surface area contributed by atoms with Gasteiger partial charge in [-0.3, -0.25) is 0 Å². The lowest BCUT2D eigenvalue weighted by atomic mass is 9.93. The minimum absolute atomic E-state index is 0.284. The summed E-state index contributed by atoms with van der Waals surface area (Å²) in [6, 6.07) is 6.27. The first-order chi connectivity index (χ1) is 8.78. The molecular weight excluding hydrogens is 322 g/mol. The topological polar surface area (TPSA) is 35.1 Å². The van der Waals surface area contributed by atoms with Crippen molar-refractivity contribution in [3.05, 3.63) is 46.5 Å². The molecule has 1 unspecified atom stereocenters. The number of aryl methyl sites for hydroxylation is 1. The summed E-state index contributed by atoms with van der Waals surface area (Å²) in [7, 11) is 0. The van der Waals surface area contributed by atoms with E-state index in [-0.39, 0.29) is 10.3 Å². The molecule has 0 aliphatic heterocycles. The van der Waals surface area contributed by atoms with Gasteiger partial charge in [0.2, 0.25) is 0 Å². The Morgan fingerprint density at radius 3 is 2.74 bits per heavy atom. The van der Waals surface area contributed by atoms with Crippen molar-refractivity contribution < 1.29 is 4.55 Å². The molecular formula is C15H20BrNOS. The Hall–Kier alpha value is -0.290. The Morgan fingerprint density at radius 2 is 2.16 bits per heavy atom. The number of hydrogen-bond donors (Lipinski definition) is 1. The lowest BCUT2D eigenvalue weighted by molar-refractivity contribution is 0.463. The average molecular weight is 342 g/mol. The quantitative estimate of drug-likeness (QED) is 0.669. The molecule has 0 aromatic heterocycles. The minimum Gasteiger partial charge on any atom is -0.598 e. The van der Waals surface area contributed by atoms with Crippen LogP contribution in [0.15, 0.2) is 35.3 Å². The second-order valence-corrected chi connectivity index (χ2v) is 8.84. The summed E-state index contributed by atoms with van der Waals surface area (Å²) in [6.07, 6.45) is 3.79. The molecule has 0 amide bonds. The van der Waals surface area contributed by atoms with Crippen molar-refractivity contribution in [3.63, 3.8) is 0 Å². The van der Waals surface area contributed by atoms with Gasteiger partial charge < -0.3 is 4.55 Å². The molecule has 2 rings (SSSR count). The zero-order chi connectivity index (χ0) is 14.3. The van der Waals surface area contributed by atoms with Crippen molar-refractivity contribution in [2.45, 2.75) is 43.9 Å². The van der Waals surface area contributed by atoms with Crippen LogP contribution in [0.5, 0.6) is 0 Å². The monoisotopic (exact) mass is 341 g/mol. The number of hydrogen-bond acceptors (Lipinski definition) is 2. The number of benzene rings is 1. The first-order valence-corrected chi connectivity index (χ1v) is 8.35. The summed E-state index contributed by atoms with van der Waals surface area (Å²) in [4.78, 5) is 0. The van der Waals surface area contributed by atoms with Gasteiger partial charge in [-0.05, 0) is 56.9 Å².